The Labute approximate surface area is 146 Å². The summed E-state index contributed by atoms with van der Waals surface area (Å²) in [5.41, 5.74) is -0.653. The van der Waals surface area contributed by atoms with Crippen molar-refractivity contribution in [3.05, 3.63) is 0 Å². The van der Waals surface area contributed by atoms with E-state index in [1.165, 1.54) is 38.5 Å². The number of rotatable bonds is 16. The van der Waals surface area contributed by atoms with Gasteiger partial charge < -0.3 is 14.6 Å². The van der Waals surface area contributed by atoms with Gasteiger partial charge >= 0.3 is 0 Å². The summed E-state index contributed by atoms with van der Waals surface area (Å²) in [4.78, 5) is 0. The summed E-state index contributed by atoms with van der Waals surface area (Å²) < 4.78 is 10.8. The second kappa shape index (κ2) is 16.3. The highest BCUT2D eigenvalue weighted by molar-refractivity contribution is 6.19. The molecule has 1 N–H and O–H groups in total. The Kier molecular flexibility index (Phi) is 16.7. The normalized spacial score (nSPS) is 15.7. The molecule has 0 aromatic rings. The highest BCUT2D eigenvalue weighted by atomic mass is 35.5. The zero-order chi connectivity index (χ0) is 16.6. The van der Waals surface area contributed by atoms with Crippen LogP contribution in [-0.2, 0) is 9.47 Å². The van der Waals surface area contributed by atoms with Gasteiger partial charge in [-0.3, -0.25) is 0 Å². The lowest BCUT2D eigenvalue weighted by molar-refractivity contribution is -0.0358. The Morgan fingerprint density at radius 2 is 1.14 bits per heavy atom. The van der Waals surface area contributed by atoms with Gasteiger partial charge in [-0.1, -0.05) is 75.6 Å². The van der Waals surface area contributed by atoms with E-state index in [0.717, 1.165) is 25.7 Å². The van der Waals surface area contributed by atoms with Crippen molar-refractivity contribution >= 4 is 23.2 Å². The van der Waals surface area contributed by atoms with Crippen LogP contribution in [0.25, 0.3) is 0 Å². The van der Waals surface area contributed by atoms with E-state index in [9.17, 15) is 5.11 Å². The molecule has 0 aliphatic heterocycles. The molecule has 3 nitrogen and oxygen atoms in total. The lowest BCUT2D eigenvalue weighted by atomic mass is 10.2. The van der Waals surface area contributed by atoms with E-state index in [-0.39, 0.29) is 24.3 Å². The molecule has 0 rings (SSSR count). The first-order valence-electron chi connectivity index (χ1n) is 8.79. The minimum atomic E-state index is -0.672. The Morgan fingerprint density at radius 3 is 1.50 bits per heavy atom. The minimum absolute atomic E-state index is 0.196. The van der Waals surface area contributed by atoms with Crippen LogP contribution in [0.5, 0.6) is 0 Å². The quantitative estimate of drug-likeness (QED) is 0.295. The standard InChI is InChI=1S/C17H34Cl2O3/c1-3-5-7-9-11-16(18)21-13-15(20)14-22-17(19)12-10-8-6-4-2/h15-17,20H,3-14H2,1-2H3. The van der Waals surface area contributed by atoms with Crippen molar-refractivity contribution < 1.29 is 14.6 Å². The predicted molar refractivity (Wildman–Crippen MR) is 94.7 cm³/mol. The van der Waals surface area contributed by atoms with E-state index in [1.54, 1.807) is 0 Å². The van der Waals surface area contributed by atoms with Crippen LogP contribution in [0, 0.1) is 0 Å². The molecule has 0 heterocycles. The third-order valence-electron chi connectivity index (χ3n) is 3.51. The summed E-state index contributed by atoms with van der Waals surface area (Å²) in [6.07, 6.45) is 10.4. The van der Waals surface area contributed by atoms with Crippen LogP contribution >= 0.6 is 23.2 Å². The average Bonchev–Trinajstić information content (AvgIpc) is 2.51. The molecule has 22 heavy (non-hydrogen) atoms. The van der Waals surface area contributed by atoms with E-state index in [1.807, 2.05) is 0 Å². The van der Waals surface area contributed by atoms with E-state index in [4.69, 9.17) is 32.7 Å². The molecule has 0 saturated heterocycles. The van der Waals surface area contributed by atoms with Crippen molar-refractivity contribution in [3.63, 3.8) is 0 Å². The van der Waals surface area contributed by atoms with Crippen molar-refractivity contribution in [3.8, 4) is 0 Å². The zero-order valence-corrected chi connectivity index (χ0v) is 15.7. The molecule has 0 aliphatic rings. The predicted octanol–water partition coefficient (Wildman–Crippen LogP) is 5.45. The Hall–Kier alpha value is 0.460. The topological polar surface area (TPSA) is 38.7 Å². The zero-order valence-electron chi connectivity index (χ0n) is 14.2. The lowest BCUT2D eigenvalue weighted by Crippen LogP contribution is -2.25. The molecule has 134 valence electrons. The molecule has 2 atom stereocenters. The number of hydrogen-bond donors (Lipinski definition) is 1. The molecule has 0 saturated carbocycles. The van der Waals surface area contributed by atoms with Crippen molar-refractivity contribution in [1.29, 1.82) is 0 Å². The van der Waals surface area contributed by atoms with Crippen LogP contribution in [0.1, 0.15) is 78.1 Å². The van der Waals surface area contributed by atoms with Crippen molar-refractivity contribution in [2.24, 2.45) is 0 Å². The summed E-state index contributed by atoms with van der Waals surface area (Å²) in [6, 6.07) is 0. The number of ether oxygens (including phenoxy) is 2. The molecule has 0 amide bonds. The van der Waals surface area contributed by atoms with Gasteiger partial charge in [0.2, 0.25) is 0 Å². The SMILES string of the molecule is CCCCCCC(Cl)OCC(O)COC(Cl)CCCCCC. The van der Waals surface area contributed by atoms with Crippen LogP contribution in [0.3, 0.4) is 0 Å². The second-order valence-corrected chi connectivity index (χ2v) is 6.81. The Balaban J connectivity index is 3.49. The Morgan fingerprint density at radius 1 is 0.727 bits per heavy atom. The summed E-state index contributed by atoms with van der Waals surface area (Å²) in [5.74, 6) is 0. The number of aliphatic hydroxyl groups excluding tert-OH is 1. The van der Waals surface area contributed by atoms with Crippen LogP contribution in [0.2, 0.25) is 0 Å². The highest BCUT2D eigenvalue weighted by Gasteiger charge is 2.12. The first-order chi connectivity index (χ1) is 10.6. The maximum Gasteiger partial charge on any atom is 0.131 e. The third kappa shape index (κ3) is 15.4. The van der Waals surface area contributed by atoms with E-state index in [0.29, 0.717) is 0 Å². The largest absolute Gasteiger partial charge is 0.388 e. The van der Waals surface area contributed by atoms with Crippen LogP contribution in [0.4, 0.5) is 0 Å². The van der Waals surface area contributed by atoms with Gasteiger partial charge in [-0.15, -0.1) is 0 Å². The summed E-state index contributed by atoms with van der Waals surface area (Å²) in [5, 5.41) is 9.80. The average molecular weight is 357 g/mol. The van der Waals surface area contributed by atoms with Gasteiger partial charge in [0, 0.05) is 0 Å². The van der Waals surface area contributed by atoms with Gasteiger partial charge in [0.25, 0.3) is 0 Å². The molecule has 5 heteroatoms. The maximum atomic E-state index is 9.80. The first-order valence-corrected chi connectivity index (χ1v) is 9.66. The second-order valence-electron chi connectivity index (χ2n) is 5.84. The van der Waals surface area contributed by atoms with E-state index < -0.39 is 6.10 Å². The minimum Gasteiger partial charge on any atom is -0.388 e. The molecule has 0 aromatic heterocycles. The lowest BCUT2D eigenvalue weighted by Gasteiger charge is -2.17. The molecule has 0 bridgehead atoms. The summed E-state index contributed by atoms with van der Waals surface area (Å²) >= 11 is 12.1. The molecule has 0 radical (unpaired) electrons. The monoisotopic (exact) mass is 356 g/mol. The third-order valence-corrected chi connectivity index (χ3v) is 4.20. The van der Waals surface area contributed by atoms with Crippen molar-refractivity contribution in [1.82, 2.24) is 0 Å². The molecular formula is C17H34Cl2O3. The van der Waals surface area contributed by atoms with E-state index in [2.05, 4.69) is 13.8 Å². The van der Waals surface area contributed by atoms with Gasteiger partial charge in [-0.05, 0) is 25.7 Å². The highest BCUT2D eigenvalue weighted by Crippen LogP contribution is 2.13. The molecule has 2 unspecified atom stereocenters. The number of halogens is 2. The fourth-order valence-electron chi connectivity index (χ4n) is 2.11. The van der Waals surface area contributed by atoms with Gasteiger partial charge in [0.15, 0.2) is 0 Å². The van der Waals surface area contributed by atoms with Crippen molar-refractivity contribution in [2.45, 2.75) is 95.3 Å². The molecule has 0 aromatic carbocycles. The van der Waals surface area contributed by atoms with Crippen LogP contribution in [0.15, 0.2) is 0 Å². The molecule has 0 spiro atoms. The fourth-order valence-corrected chi connectivity index (χ4v) is 2.56. The van der Waals surface area contributed by atoms with Gasteiger partial charge in [0.1, 0.15) is 17.2 Å². The smallest absolute Gasteiger partial charge is 0.131 e. The molecule has 0 fully saturated rings. The van der Waals surface area contributed by atoms with Crippen molar-refractivity contribution in [2.75, 3.05) is 13.2 Å². The fraction of sp³-hybridized carbons (Fsp3) is 1.00. The van der Waals surface area contributed by atoms with Gasteiger partial charge in [0.05, 0.1) is 13.2 Å². The van der Waals surface area contributed by atoms with Crippen LogP contribution in [-0.4, -0.2) is 35.6 Å². The number of unbranched alkanes of at least 4 members (excludes halogenated alkanes) is 6. The number of hydrogen-bond acceptors (Lipinski definition) is 3. The Bertz CT molecular complexity index is 208. The van der Waals surface area contributed by atoms with E-state index >= 15 is 0 Å². The summed E-state index contributed by atoms with van der Waals surface area (Å²) in [7, 11) is 0. The van der Waals surface area contributed by atoms with Gasteiger partial charge in [-0.2, -0.15) is 0 Å². The van der Waals surface area contributed by atoms with Crippen LogP contribution < -0.4 is 0 Å². The molecular weight excluding hydrogens is 323 g/mol. The summed E-state index contributed by atoms with van der Waals surface area (Å²) in [6.45, 7) is 4.75. The molecule has 0 aliphatic carbocycles. The maximum absolute atomic E-state index is 9.80. The number of aliphatic hydroxyl groups is 1. The number of alkyl halides is 2. The van der Waals surface area contributed by atoms with Gasteiger partial charge in [-0.25, -0.2) is 0 Å². The first kappa shape index (κ1) is 22.5.